The molecule has 0 spiro atoms. The number of rotatable bonds is 3. The second-order valence-corrected chi connectivity index (χ2v) is 7.81. The molecule has 1 saturated carbocycles. The Bertz CT molecular complexity index is 608. The van der Waals surface area contributed by atoms with E-state index in [0.29, 0.717) is 6.54 Å². The highest BCUT2D eigenvalue weighted by Gasteiger charge is 2.39. The molecule has 1 aliphatic carbocycles. The SMILES string of the molecule is O=C(C1CC1)N1CCC[C@H](C(=O)N2CCCCC[C@@H]2c2ccco2)C1. The smallest absolute Gasteiger partial charge is 0.228 e. The fourth-order valence-electron chi connectivity index (χ4n) is 4.35. The van der Waals surface area contributed by atoms with Gasteiger partial charge in [0, 0.05) is 25.6 Å². The van der Waals surface area contributed by atoms with Gasteiger partial charge < -0.3 is 14.2 Å². The van der Waals surface area contributed by atoms with Gasteiger partial charge in [0.15, 0.2) is 0 Å². The first-order valence-corrected chi connectivity index (χ1v) is 9.86. The van der Waals surface area contributed by atoms with Crippen LogP contribution in [0.4, 0.5) is 0 Å². The maximum absolute atomic E-state index is 13.3. The number of piperidine rings is 1. The molecular weight excluding hydrogens is 316 g/mol. The number of carbonyl (C=O) groups excluding carboxylic acids is 2. The van der Waals surface area contributed by atoms with Gasteiger partial charge in [-0.1, -0.05) is 12.8 Å². The molecule has 0 bridgehead atoms. The molecule has 136 valence electrons. The minimum absolute atomic E-state index is 0.0491. The molecule has 1 aromatic heterocycles. The zero-order chi connectivity index (χ0) is 17.2. The number of amides is 2. The van der Waals surface area contributed by atoms with Gasteiger partial charge in [-0.3, -0.25) is 9.59 Å². The van der Waals surface area contributed by atoms with Crippen LogP contribution in [0.5, 0.6) is 0 Å². The molecule has 2 saturated heterocycles. The van der Waals surface area contributed by atoms with Crippen molar-refractivity contribution in [3.05, 3.63) is 24.2 Å². The monoisotopic (exact) mass is 344 g/mol. The summed E-state index contributed by atoms with van der Waals surface area (Å²) in [5.41, 5.74) is 0. The predicted molar refractivity (Wildman–Crippen MR) is 93.7 cm³/mol. The zero-order valence-electron chi connectivity index (χ0n) is 14.9. The van der Waals surface area contributed by atoms with Crippen LogP contribution in [-0.2, 0) is 9.59 Å². The molecule has 0 N–H and O–H groups in total. The van der Waals surface area contributed by atoms with Crippen LogP contribution in [-0.4, -0.2) is 41.2 Å². The molecule has 2 atom stereocenters. The third kappa shape index (κ3) is 3.60. The molecule has 0 aromatic carbocycles. The molecular formula is C20H28N2O3. The Morgan fingerprint density at radius 3 is 2.56 bits per heavy atom. The Morgan fingerprint density at radius 1 is 0.920 bits per heavy atom. The van der Waals surface area contributed by atoms with E-state index < -0.39 is 0 Å². The van der Waals surface area contributed by atoms with Crippen molar-refractivity contribution in [1.29, 1.82) is 0 Å². The van der Waals surface area contributed by atoms with Crippen molar-refractivity contribution in [2.24, 2.45) is 11.8 Å². The van der Waals surface area contributed by atoms with Gasteiger partial charge >= 0.3 is 0 Å². The largest absolute Gasteiger partial charge is 0.467 e. The van der Waals surface area contributed by atoms with Crippen molar-refractivity contribution < 1.29 is 14.0 Å². The van der Waals surface area contributed by atoms with Crippen molar-refractivity contribution >= 4 is 11.8 Å². The van der Waals surface area contributed by atoms with Crippen molar-refractivity contribution in [2.75, 3.05) is 19.6 Å². The molecule has 3 aliphatic rings. The third-order valence-electron chi connectivity index (χ3n) is 5.92. The quantitative estimate of drug-likeness (QED) is 0.845. The van der Waals surface area contributed by atoms with Crippen molar-refractivity contribution in [1.82, 2.24) is 9.80 Å². The van der Waals surface area contributed by atoms with Gasteiger partial charge in [0.2, 0.25) is 11.8 Å². The first-order valence-electron chi connectivity index (χ1n) is 9.86. The van der Waals surface area contributed by atoms with Gasteiger partial charge in [-0.05, 0) is 50.7 Å². The fourth-order valence-corrected chi connectivity index (χ4v) is 4.35. The number of hydrogen-bond acceptors (Lipinski definition) is 3. The molecule has 4 rings (SSSR count). The van der Waals surface area contributed by atoms with E-state index in [9.17, 15) is 9.59 Å². The fraction of sp³-hybridized carbons (Fsp3) is 0.700. The number of hydrogen-bond donors (Lipinski definition) is 0. The van der Waals surface area contributed by atoms with Crippen LogP contribution >= 0.6 is 0 Å². The number of furan rings is 1. The Labute approximate surface area is 149 Å². The topological polar surface area (TPSA) is 53.8 Å². The highest BCUT2D eigenvalue weighted by atomic mass is 16.3. The molecule has 1 aromatic rings. The molecule has 2 aliphatic heterocycles. The van der Waals surface area contributed by atoms with E-state index in [-0.39, 0.29) is 29.7 Å². The standard InChI is InChI=1S/C20H28N2O3/c23-19(15-9-10-15)21-11-4-6-16(14-21)20(24)22-12-3-1-2-7-17(22)18-8-5-13-25-18/h5,8,13,15-17H,1-4,6-7,9-12,14H2/t16-,17+/m0/s1. The van der Waals surface area contributed by atoms with Gasteiger partial charge in [0.1, 0.15) is 5.76 Å². The minimum atomic E-state index is -0.0491. The van der Waals surface area contributed by atoms with E-state index in [1.165, 1.54) is 0 Å². The first-order chi connectivity index (χ1) is 12.2. The molecule has 0 unspecified atom stereocenters. The predicted octanol–water partition coefficient (Wildman–Crippen LogP) is 3.37. The van der Waals surface area contributed by atoms with E-state index >= 15 is 0 Å². The maximum atomic E-state index is 13.3. The zero-order valence-corrected chi connectivity index (χ0v) is 14.9. The minimum Gasteiger partial charge on any atom is -0.467 e. The highest BCUT2D eigenvalue weighted by molar-refractivity contribution is 5.83. The van der Waals surface area contributed by atoms with E-state index in [4.69, 9.17) is 4.42 Å². The van der Waals surface area contributed by atoms with Crippen LogP contribution in [0.3, 0.4) is 0 Å². The second-order valence-electron chi connectivity index (χ2n) is 7.81. The molecule has 3 fully saturated rings. The molecule has 2 amide bonds. The van der Waals surface area contributed by atoms with Crippen LogP contribution in [0.15, 0.2) is 22.8 Å². The highest BCUT2D eigenvalue weighted by Crippen LogP contribution is 2.35. The lowest BCUT2D eigenvalue weighted by atomic mass is 9.95. The second kappa shape index (κ2) is 7.22. The maximum Gasteiger partial charge on any atom is 0.228 e. The average Bonchev–Trinajstić information content (AvgIpc) is 3.41. The van der Waals surface area contributed by atoms with Gasteiger partial charge in [-0.15, -0.1) is 0 Å². The van der Waals surface area contributed by atoms with Gasteiger partial charge in [-0.25, -0.2) is 0 Å². The van der Waals surface area contributed by atoms with Crippen LogP contribution in [0.25, 0.3) is 0 Å². The summed E-state index contributed by atoms with van der Waals surface area (Å²) < 4.78 is 5.64. The van der Waals surface area contributed by atoms with Gasteiger partial charge in [0.05, 0.1) is 18.2 Å². The summed E-state index contributed by atoms with van der Waals surface area (Å²) in [7, 11) is 0. The summed E-state index contributed by atoms with van der Waals surface area (Å²) in [4.78, 5) is 29.7. The Kier molecular flexibility index (Phi) is 4.82. The summed E-state index contributed by atoms with van der Waals surface area (Å²) in [5, 5.41) is 0. The first kappa shape index (κ1) is 16.7. The van der Waals surface area contributed by atoms with Crippen molar-refractivity contribution in [2.45, 2.75) is 57.4 Å². The summed E-state index contributed by atoms with van der Waals surface area (Å²) in [6.07, 6.45) is 9.91. The third-order valence-corrected chi connectivity index (χ3v) is 5.92. The van der Waals surface area contributed by atoms with Crippen LogP contribution in [0, 0.1) is 11.8 Å². The number of nitrogens with zero attached hydrogens (tertiary/aromatic N) is 2. The van der Waals surface area contributed by atoms with Crippen LogP contribution < -0.4 is 0 Å². The van der Waals surface area contributed by atoms with E-state index in [1.54, 1.807) is 6.26 Å². The number of carbonyl (C=O) groups is 2. The normalized spacial score (nSPS) is 27.8. The summed E-state index contributed by atoms with van der Waals surface area (Å²) in [6.45, 7) is 2.23. The molecule has 25 heavy (non-hydrogen) atoms. The van der Waals surface area contributed by atoms with E-state index in [0.717, 1.165) is 70.2 Å². The Balaban J connectivity index is 1.48. The van der Waals surface area contributed by atoms with Crippen LogP contribution in [0.2, 0.25) is 0 Å². The van der Waals surface area contributed by atoms with Gasteiger partial charge in [-0.2, -0.15) is 0 Å². The van der Waals surface area contributed by atoms with Gasteiger partial charge in [0.25, 0.3) is 0 Å². The lowest BCUT2D eigenvalue weighted by Gasteiger charge is -2.37. The number of likely N-dealkylation sites (tertiary alicyclic amines) is 2. The average molecular weight is 344 g/mol. The van der Waals surface area contributed by atoms with E-state index in [1.807, 2.05) is 21.9 Å². The van der Waals surface area contributed by atoms with Crippen molar-refractivity contribution in [3.8, 4) is 0 Å². The van der Waals surface area contributed by atoms with Crippen LogP contribution in [0.1, 0.15) is 63.2 Å². The molecule has 0 radical (unpaired) electrons. The molecule has 5 heteroatoms. The lowest BCUT2D eigenvalue weighted by molar-refractivity contribution is -0.143. The van der Waals surface area contributed by atoms with E-state index in [2.05, 4.69) is 0 Å². The summed E-state index contributed by atoms with van der Waals surface area (Å²) in [6, 6.07) is 3.94. The Morgan fingerprint density at radius 2 is 1.80 bits per heavy atom. The summed E-state index contributed by atoms with van der Waals surface area (Å²) in [5.74, 6) is 1.58. The molecule has 5 nitrogen and oxygen atoms in total. The lowest BCUT2D eigenvalue weighted by Crippen LogP contribution is -2.48. The Hall–Kier alpha value is -1.78. The molecule has 3 heterocycles. The summed E-state index contributed by atoms with van der Waals surface area (Å²) >= 11 is 0. The van der Waals surface area contributed by atoms with Crippen molar-refractivity contribution in [3.63, 3.8) is 0 Å².